The predicted octanol–water partition coefficient (Wildman–Crippen LogP) is 1.19. The lowest BCUT2D eigenvalue weighted by atomic mass is 10.2. The van der Waals surface area contributed by atoms with Crippen LogP contribution in [0.5, 0.6) is 0 Å². The molecule has 14 heavy (non-hydrogen) atoms. The van der Waals surface area contributed by atoms with Gasteiger partial charge in [-0.1, -0.05) is 0 Å². The summed E-state index contributed by atoms with van der Waals surface area (Å²) in [6, 6.07) is 2.04. The van der Waals surface area contributed by atoms with Gasteiger partial charge in [0.25, 0.3) is 0 Å². The number of aryl methyl sites for hydroxylation is 2. The van der Waals surface area contributed by atoms with E-state index in [9.17, 15) is 0 Å². The molecule has 0 aromatic carbocycles. The molecule has 1 heterocycles. The summed E-state index contributed by atoms with van der Waals surface area (Å²) in [6.45, 7) is 5.91. The highest BCUT2D eigenvalue weighted by Gasteiger charge is 2.04. The second-order valence-corrected chi connectivity index (χ2v) is 3.60. The molecule has 0 aliphatic carbocycles. The number of H-pyrrole nitrogens is 1. The van der Waals surface area contributed by atoms with Gasteiger partial charge in [-0.15, -0.1) is 0 Å². The minimum atomic E-state index is 0.175. The summed E-state index contributed by atoms with van der Waals surface area (Å²) in [4.78, 5) is 3.20. The van der Waals surface area contributed by atoms with Crippen LogP contribution in [0, 0.1) is 13.8 Å². The Labute approximate surface area is 88.6 Å². The Hall–Kier alpha value is -1.36. The fraction of sp³-hybridized carbons (Fsp3) is 0.333. The average Bonchev–Trinajstić information content (AvgIpc) is 2.41. The molecule has 0 saturated heterocycles. The summed E-state index contributed by atoms with van der Waals surface area (Å²) < 4.78 is 0. The summed E-state index contributed by atoms with van der Waals surface area (Å²) in [5, 5.41) is 4.22. The van der Waals surface area contributed by atoms with Crippen LogP contribution in [-0.2, 0) is 0 Å². The number of aromatic nitrogens is 1. The quantitative estimate of drug-likeness (QED) is 0.390. The monoisotopic (exact) mass is 210 g/mol. The standard InChI is InChI=1S/C9H14N4S/c1-5-4-8(6(2)11-5)7(3)12-13-9(10)14/h4,11H,1-3H3,(H3,10,13,14)/b12-7+. The third-order valence-corrected chi connectivity index (χ3v) is 1.96. The van der Waals surface area contributed by atoms with Crippen LogP contribution in [0.4, 0.5) is 0 Å². The highest BCUT2D eigenvalue weighted by Crippen LogP contribution is 2.09. The van der Waals surface area contributed by atoms with Gasteiger partial charge in [-0.05, 0) is 39.1 Å². The fourth-order valence-corrected chi connectivity index (χ4v) is 1.34. The number of nitrogens with two attached hydrogens (primary N) is 1. The van der Waals surface area contributed by atoms with Crippen molar-refractivity contribution < 1.29 is 0 Å². The number of nitrogens with one attached hydrogen (secondary N) is 2. The molecule has 1 rings (SSSR count). The molecule has 1 aromatic heterocycles. The number of hydrogen-bond donors (Lipinski definition) is 3. The first-order valence-corrected chi connectivity index (χ1v) is 4.68. The second-order valence-electron chi connectivity index (χ2n) is 3.16. The molecule has 0 aliphatic heterocycles. The zero-order chi connectivity index (χ0) is 10.7. The first kappa shape index (κ1) is 10.7. The lowest BCUT2D eigenvalue weighted by Gasteiger charge is -2.00. The van der Waals surface area contributed by atoms with Gasteiger partial charge >= 0.3 is 0 Å². The Bertz CT molecular complexity index is 378. The summed E-state index contributed by atoms with van der Waals surface area (Å²) >= 11 is 4.65. The molecule has 0 saturated carbocycles. The summed E-state index contributed by atoms with van der Waals surface area (Å²) in [6.07, 6.45) is 0. The van der Waals surface area contributed by atoms with Crippen molar-refractivity contribution in [1.29, 1.82) is 0 Å². The largest absolute Gasteiger partial charge is 0.375 e. The van der Waals surface area contributed by atoms with Crippen LogP contribution in [0.2, 0.25) is 0 Å². The molecular weight excluding hydrogens is 196 g/mol. The highest BCUT2D eigenvalue weighted by molar-refractivity contribution is 7.80. The lowest BCUT2D eigenvalue weighted by molar-refractivity contribution is 1.03. The predicted molar refractivity (Wildman–Crippen MR) is 62.4 cm³/mol. The van der Waals surface area contributed by atoms with Gasteiger partial charge in [0.2, 0.25) is 0 Å². The number of aromatic amines is 1. The van der Waals surface area contributed by atoms with E-state index >= 15 is 0 Å². The Kier molecular flexibility index (Phi) is 3.24. The minimum absolute atomic E-state index is 0.175. The van der Waals surface area contributed by atoms with E-state index < -0.39 is 0 Å². The van der Waals surface area contributed by atoms with Gasteiger partial charge in [-0.2, -0.15) is 5.10 Å². The van der Waals surface area contributed by atoms with E-state index in [1.165, 1.54) is 0 Å². The molecular formula is C9H14N4S. The van der Waals surface area contributed by atoms with Crippen LogP contribution < -0.4 is 11.2 Å². The third-order valence-electron chi connectivity index (χ3n) is 1.87. The van der Waals surface area contributed by atoms with Crippen molar-refractivity contribution in [2.75, 3.05) is 0 Å². The summed E-state index contributed by atoms with van der Waals surface area (Å²) in [5.41, 5.74) is 12.0. The van der Waals surface area contributed by atoms with E-state index in [2.05, 4.69) is 27.7 Å². The van der Waals surface area contributed by atoms with E-state index in [0.29, 0.717) is 0 Å². The van der Waals surface area contributed by atoms with Crippen molar-refractivity contribution in [3.63, 3.8) is 0 Å². The van der Waals surface area contributed by atoms with Crippen molar-refractivity contribution in [2.24, 2.45) is 10.8 Å². The van der Waals surface area contributed by atoms with Crippen LogP contribution in [0.1, 0.15) is 23.9 Å². The maximum absolute atomic E-state index is 5.27. The summed E-state index contributed by atoms with van der Waals surface area (Å²) in [7, 11) is 0. The summed E-state index contributed by atoms with van der Waals surface area (Å²) in [5.74, 6) is 0. The van der Waals surface area contributed by atoms with Gasteiger partial charge in [-0.25, -0.2) is 0 Å². The molecule has 4 N–H and O–H groups in total. The van der Waals surface area contributed by atoms with Crippen molar-refractivity contribution in [1.82, 2.24) is 10.4 Å². The van der Waals surface area contributed by atoms with Gasteiger partial charge in [0.1, 0.15) is 0 Å². The van der Waals surface area contributed by atoms with E-state index in [1.807, 2.05) is 26.8 Å². The highest BCUT2D eigenvalue weighted by atomic mass is 32.1. The van der Waals surface area contributed by atoms with Crippen molar-refractivity contribution in [2.45, 2.75) is 20.8 Å². The molecule has 0 aliphatic rings. The maximum atomic E-state index is 5.27. The molecule has 0 radical (unpaired) electrons. The number of hydrazone groups is 1. The molecule has 4 nitrogen and oxygen atoms in total. The molecule has 0 atom stereocenters. The topological polar surface area (TPSA) is 66.2 Å². The van der Waals surface area contributed by atoms with Gasteiger partial charge in [0.05, 0.1) is 5.71 Å². The van der Waals surface area contributed by atoms with Gasteiger partial charge in [-0.3, -0.25) is 5.43 Å². The van der Waals surface area contributed by atoms with Crippen LogP contribution in [0.15, 0.2) is 11.2 Å². The van der Waals surface area contributed by atoms with Gasteiger partial charge in [0, 0.05) is 17.0 Å². The number of thiocarbonyl (C=S) groups is 1. The Morgan fingerprint density at radius 3 is 2.64 bits per heavy atom. The van der Waals surface area contributed by atoms with Gasteiger partial charge in [0.15, 0.2) is 5.11 Å². The molecule has 0 bridgehead atoms. The molecule has 5 heteroatoms. The fourth-order valence-electron chi connectivity index (χ4n) is 1.30. The van der Waals surface area contributed by atoms with Crippen LogP contribution in [0.3, 0.4) is 0 Å². The SMILES string of the molecule is C/C(=N\NC(N)=S)c1cc(C)[nH]c1C. The van der Waals surface area contributed by atoms with E-state index in [0.717, 1.165) is 22.7 Å². The molecule has 76 valence electrons. The molecule has 1 aromatic rings. The maximum Gasteiger partial charge on any atom is 0.184 e. The van der Waals surface area contributed by atoms with Crippen LogP contribution in [-0.4, -0.2) is 15.8 Å². The average molecular weight is 210 g/mol. The molecule has 0 unspecified atom stereocenters. The zero-order valence-corrected chi connectivity index (χ0v) is 9.33. The number of rotatable bonds is 2. The minimum Gasteiger partial charge on any atom is -0.375 e. The van der Waals surface area contributed by atoms with E-state index in [4.69, 9.17) is 5.73 Å². The first-order chi connectivity index (χ1) is 6.50. The van der Waals surface area contributed by atoms with Gasteiger partial charge < -0.3 is 10.7 Å². The second kappa shape index (κ2) is 4.23. The van der Waals surface area contributed by atoms with E-state index in [-0.39, 0.29) is 5.11 Å². The van der Waals surface area contributed by atoms with E-state index in [1.54, 1.807) is 0 Å². The molecule has 0 fully saturated rings. The van der Waals surface area contributed by atoms with Crippen LogP contribution >= 0.6 is 12.2 Å². The van der Waals surface area contributed by atoms with Crippen molar-refractivity contribution in [3.05, 3.63) is 23.0 Å². The van der Waals surface area contributed by atoms with Crippen LogP contribution in [0.25, 0.3) is 0 Å². The first-order valence-electron chi connectivity index (χ1n) is 4.27. The van der Waals surface area contributed by atoms with Crippen molar-refractivity contribution in [3.8, 4) is 0 Å². The number of hydrogen-bond acceptors (Lipinski definition) is 2. The third kappa shape index (κ3) is 2.56. The number of nitrogens with zero attached hydrogens (tertiary/aromatic N) is 1. The normalized spacial score (nSPS) is 11.5. The Balaban J connectivity index is 2.88. The Morgan fingerprint density at radius 1 is 1.57 bits per heavy atom. The molecule has 0 spiro atoms. The lowest BCUT2D eigenvalue weighted by Crippen LogP contribution is -2.25. The zero-order valence-electron chi connectivity index (χ0n) is 8.51. The smallest absolute Gasteiger partial charge is 0.184 e. The Morgan fingerprint density at radius 2 is 2.21 bits per heavy atom. The van der Waals surface area contributed by atoms with Crippen molar-refractivity contribution >= 4 is 23.0 Å². The molecule has 0 amide bonds.